The molecular formula is C30H31ClN2O6. The fourth-order valence-electron chi connectivity index (χ4n) is 5.19. The molecule has 5 rings (SSSR count). The zero-order valence-electron chi connectivity index (χ0n) is 21.8. The highest BCUT2D eigenvalue weighted by Crippen LogP contribution is 2.47. The zero-order valence-corrected chi connectivity index (χ0v) is 22.5. The summed E-state index contributed by atoms with van der Waals surface area (Å²) in [5, 5.41) is 11.2. The number of rotatable bonds is 9. The molecule has 1 amide bonds. The molecule has 0 saturated carbocycles. The highest BCUT2D eigenvalue weighted by Gasteiger charge is 2.54. The summed E-state index contributed by atoms with van der Waals surface area (Å²) in [5.41, 5.74) is 0.160. The maximum Gasteiger partial charge on any atom is 0.339 e. The predicted octanol–water partition coefficient (Wildman–Crippen LogP) is 4.42. The first-order valence-electron chi connectivity index (χ1n) is 13.0. The van der Waals surface area contributed by atoms with Gasteiger partial charge in [-0.25, -0.2) is 4.79 Å². The van der Waals surface area contributed by atoms with Gasteiger partial charge in [0.15, 0.2) is 0 Å². The van der Waals surface area contributed by atoms with Gasteiger partial charge in [-0.2, -0.15) is 0 Å². The van der Waals surface area contributed by atoms with Gasteiger partial charge in [0.1, 0.15) is 11.5 Å². The van der Waals surface area contributed by atoms with E-state index in [2.05, 4.69) is 4.90 Å². The lowest BCUT2D eigenvalue weighted by atomic mass is 9.87. The van der Waals surface area contributed by atoms with Gasteiger partial charge in [0.25, 0.3) is 5.91 Å². The highest BCUT2D eigenvalue weighted by molar-refractivity contribution is 6.31. The van der Waals surface area contributed by atoms with Crippen LogP contribution >= 0.6 is 11.6 Å². The first-order valence-corrected chi connectivity index (χ1v) is 13.4. The molecule has 1 atom stereocenters. The monoisotopic (exact) mass is 550 g/mol. The van der Waals surface area contributed by atoms with E-state index in [0.29, 0.717) is 52.9 Å². The molecule has 8 nitrogen and oxygen atoms in total. The van der Waals surface area contributed by atoms with E-state index in [0.717, 1.165) is 26.1 Å². The third-order valence-electron chi connectivity index (χ3n) is 7.24. The summed E-state index contributed by atoms with van der Waals surface area (Å²) < 4.78 is 16.8. The van der Waals surface area contributed by atoms with Crippen LogP contribution in [0.5, 0.6) is 11.5 Å². The van der Waals surface area contributed by atoms with Crippen LogP contribution in [0.15, 0.2) is 66.7 Å². The van der Waals surface area contributed by atoms with Crippen LogP contribution in [0.2, 0.25) is 5.02 Å². The first kappa shape index (κ1) is 27.0. The molecule has 1 unspecified atom stereocenters. The largest absolute Gasteiger partial charge is 0.508 e. The number of hydrogen-bond acceptors (Lipinski definition) is 7. The molecule has 3 aromatic rings. The van der Waals surface area contributed by atoms with Crippen molar-refractivity contribution < 1.29 is 28.9 Å². The minimum absolute atomic E-state index is 0.0633. The van der Waals surface area contributed by atoms with Crippen LogP contribution < -0.4 is 9.64 Å². The van der Waals surface area contributed by atoms with E-state index in [1.54, 1.807) is 65.6 Å². The molecule has 1 saturated heterocycles. The Morgan fingerprint density at radius 1 is 1.05 bits per heavy atom. The standard InChI is InChI=1S/C30H31ClN2O6/c1-37-24-10-8-22(27(34)19-24)20-30(39-28(35)21-6-3-2-4-7-21)25-18-23(31)9-11-26(25)33(29(30)36)13-5-12-32-14-16-38-17-15-32/h2-4,6-11,18-19,34H,5,12-17,20H2,1H3. The fourth-order valence-corrected chi connectivity index (χ4v) is 5.37. The van der Waals surface area contributed by atoms with Gasteiger partial charge in [-0.05, 0) is 48.4 Å². The molecule has 0 radical (unpaired) electrons. The maximum atomic E-state index is 14.3. The number of esters is 1. The van der Waals surface area contributed by atoms with Gasteiger partial charge in [-0.1, -0.05) is 35.9 Å². The number of halogens is 1. The van der Waals surface area contributed by atoms with Crippen molar-refractivity contribution in [3.8, 4) is 11.5 Å². The normalized spacial score (nSPS) is 19.1. The van der Waals surface area contributed by atoms with Gasteiger partial charge in [-0.3, -0.25) is 9.69 Å². The second-order valence-corrected chi connectivity index (χ2v) is 10.1. The number of phenols is 1. The van der Waals surface area contributed by atoms with Crippen LogP contribution in [0.4, 0.5) is 5.69 Å². The molecule has 1 fully saturated rings. The summed E-state index contributed by atoms with van der Waals surface area (Å²) in [6, 6.07) is 18.6. The Balaban J connectivity index is 1.52. The molecule has 0 aliphatic carbocycles. The molecule has 2 heterocycles. The van der Waals surface area contributed by atoms with Crippen LogP contribution in [0.3, 0.4) is 0 Å². The van der Waals surface area contributed by atoms with Crippen molar-refractivity contribution >= 4 is 29.2 Å². The van der Waals surface area contributed by atoms with Crippen molar-refractivity contribution in [2.24, 2.45) is 0 Å². The molecule has 2 aliphatic rings. The van der Waals surface area contributed by atoms with Gasteiger partial charge in [0.05, 0.1) is 31.6 Å². The number of hydrogen-bond donors (Lipinski definition) is 1. The van der Waals surface area contributed by atoms with E-state index < -0.39 is 11.6 Å². The lowest BCUT2D eigenvalue weighted by molar-refractivity contribution is -0.137. The van der Waals surface area contributed by atoms with E-state index in [4.69, 9.17) is 25.8 Å². The molecule has 3 aromatic carbocycles. The molecule has 1 N–H and O–H groups in total. The Kier molecular flexibility index (Phi) is 8.07. The number of nitrogens with zero attached hydrogens (tertiary/aromatic N) is 2. The lowest BCUT2D eigenvalue weighted by Gasteiger charge is -2.30. The molecular weight excluding hydrogens is 520 g/mol. The van der Waals surface area contributed by atoms with Crippen molar-refractivity contribution in [1.82, 2.24) is 4.90 Å². The van der Waals surface area contributed by atoms with E-state index in [1.165, 1.54) is 13.2 Å². The zero-order chi connectivity index (χ0) is 27.4. The minimum Gasteiger partial charge on any atom is -0.508 e. The van der Waals surface area contributed by atoms with Crippen LogP contribution in [-0.4, -0.2) is 68.4 Å². The molecule has 0 bridgehead atoms. The lowest BCUT2D eigenvalue weighted by Crippen LogP contribution is -2.46. The number of fused-ring (bicyclic) bond motifs is 1. The highest BCUT2D eigenvalue weighted by atomic mass is 35.5. The number of ether oxygens (including phenoxy) is 3. The van der Waals surface area contributed by atoms with Crippen molar-refractivity contribution in [2.75, 3.05) is 51.4 Å². The van der Waals surface area contributed by atoms with Crippen molar-refractivity contribution in [3.63, 3.8) is 0 Å². The quantitative estimate of drug-likeness (QED) is 0.395. The Bertz CT molecular complexity index is 1340. The molecule has 0 aromatic heterocycles. The summed E-state index contributed by atoms with van der Waals surface area (Å²) in [6.07, 6.45) is 0.651. The predicted molar refractivity (Wildman–Crippen MR) is 148 cm³/mol. The van der Waals surface area contributed by atoms with Crippen LogP contribution in [0.25, 0.3) is 0 Å². The van der Waals surface area contributed by atoms with Gasteiger partial charge >= 0.3 is 5.97 Å². The van der Waals surface area contributed by atoms with Crippen LogP contribution in [0, 0.1) is 0 Å². The van der Waals surface area contributed by atoms with Crippen LogP contribution in [0.1, 0.15) is 27.9 Å². The molecule has 0 spiro atoms. The number of phenolic OH excluding ortho intramolecular Hbond substituents is 1. The minimum atomic E-state index is -1.72. The number of morpholine rings is 1. The number of carbonyl (C=O) groups is 2. The summed E-state index contributed by atoms with van der Waals surface area (Å²) in [5.74, 6) is -0.608. The molecule has 204 valence electrons. The third kappa shape index (κ3) is 5.59. The van der Waals surface area contributed by atoms with Gasteiger partial charge in [0, 0.05) is 49.3 Å². The number of amides is 1. The number of benzene rings is 3. The Morgan fingerprint density at radius 2 is 1.82 bits per heavy atom. The Morgan fingerprint density at radius 3 is 2.54 bits per heavy atom. The SMILES string of the molecule is COc1ccc(CC2(OC(=O)c3ccccc3)C(=O)N(CCCN3CCOCC3)c3ccc(Cl)cc32)c(O)c1. The Hall–Kier alpha value is -3.59. The summed E-state index contributed by atoms with van der Waals surface area (Å²) >= 11 is 6.42. The van der Waals surface area contributed by atoms with E-state index in [9.17, 15) is 14.7 Å². The summed E-state index contributed by atoms with van der Waals surface area (Å²) in [6.45, 7) is 4.36. The Labute approximate surface area is 232 Å². The second kappa shape index (κ2) is 11.7. The van der Waals surface area contributed by atoms with E-state index in [-0.39, 0.29) is 18.1 Å². The van der Waals surface area contributed by atoms with E-state index >= 15 is 0 Å². The number of carbonyl (C=O) groups excluding carboxylic acids is 2. The van der Waals surface area contributed by atoms with Crippen molar-refractivity contribution in [1.29, 1.82) is 0 Å². The molecule has 9 heteroatoms. The third-order valence-corrected chi connectivity index (χ3v) is 7.48. The van der Waals surface area contributed by atoms with E-state index in [1.807, 2.05) is 0 Å². The van der Waals surface area contributed by atoms with Crippen molar-refractivity contribution in [2.45, 2.75) is 18.4 Å². The number of anilines is 1. The average molecular weight is 551 g/mol. The molecule has 39 heavy (non-hydrogen) atoms. The maximum absolute atomic E-state index is 14.3. The summed E-state index contributed by atoms with van der Waals surface area (Å²) in [4.78, 5) is 31.8. The van der Waals surface area contributed by atoms with Crippen molar-refractivity contribution in [3.05, 3.63) is 88.4 Å². The van der Waals surface area contributed by atoms with Gasteiger partial charge in [-0.15, -0.1) is 0 Å². The van der Waals surface area contributed by atoms with Gasteiger partial charge < -0.3 is 24.2 Å². The van der Waals surface area contributed by atoms with Gasteiger partial charge in [0.2, 0.25) is 5.60 Å². The average Bonchev–Trinajstić information content (AvgIpc) is 3.17. The first-order chi connectivity index (χ1) is 18.9. The molecule has 2 aliphatic heterocycles. The number of methoxy groups -OCH3 is 1. The topological polar surface area (TPSA) is 88.5 Å². The number of aromatic hydroxyl groups is 1. The smallest absolute Gasteiger partial charge is 0.339 e. The summed E-state index contributed by atoms with van der Waals surface area (Å²) in [7, 11) is 1.51. The second-order valence-electron chi connectivity index (χ2n) is 9.68. The van der Waals surface area contributed by atoms with Crippen LogP contribution in [-0.2, 0) is 26.3 Å². The fraction of sp³-hybridized carbons (Fsp3) is 0.333.